The monoisotopic (exact) mass is 265 g/mol. The molecule has 104 valence electrons. The van der Waals surface area contributed by atoms with Gasteiger partial charge in [-0.1, -0.05) is 6.07 Å². The average Bonchev–Trinajstić information content (AvgIpc) is 2.81. The molecule has 1 saturated heterocycles. The number of methoxy groups -OCH3 is 2. The van der Waals surface area contributed by atoms with Crippen molar-refractivity contribution in [1.82, 2.24) is 4.90 Å². The number of ether oxygens (including phenoxy) is 2. The molecule has 19 heavy (non-hydrogen) atoms. The van der Waals surface area contributed by atoms with Crippen LogP contribution < -0.4 is 0 Å². The van der Waals surface area contributed by atoms with E-state index in [0.717, 1.165) is 5.56 Å². The molecule has 1 aliphatic rings. The van der Waals surface area contributed by atoms with Gasteiger partial charge in [-0.05, 0) is 24.6 Å². The standard InChI is InChI=1S/C14H19NO4/c1-9-4-5-10(11(16)6-9)14(17)15-7-12(18-2)13(8-15)19-3/h4-6,12-13,16H,7-8H2,1-3H3. The van der Waals surface area contributed by atoms with E-state index < -0.39 is 0 Å². The molecular formula is C14H19NO4. The summed E-state index contributed by atoms with van der Waals surface area (Å²) in [4.78, 5) is 14.0. The van der Waals surface area contributed by atoms with Gasteiger partial charge < -0.3 is 19.5 Å². The van der Waals surface area contributed by atoms with E-state index in [-0.39, 0.29) is 23.9 Å². The Morgan fingerprint density at radius 3 is 2.32 bits per heavy atom. The summed E-state index contributed by atoms with van der Waals surface area (Å²) in [5, 5.41) is 9.86. The number of benzene rings is 1. The van der Waals surface area contributed by atoms with Crippen molar-refractivity contribution >= 4 is 5.91 Å². The van der Waals surface area contributed by atoms with Gasteiger partial charge in [0.1, 0.15) is 18.0 Å². The Balaban J connectivity index is 2.17. The SMILES string of the molecule is COC1CN(C(=O)c2ccc(C)cc2O)CC1OC. The number of phenolic OH excluding ortho intramolecular Hbond substituents is 1. The predicted octanol–water partition coefficient (Wildman–Crippen LogP) is 1.19. The van der Waals surface area contributed by atoms with E-state index in [0.29, 0.717) is 18.7 Å². The van der Waals surface area contributed by atoms with Crippen LogP contribution in [-0.2, 0) is 9.47 Å². The fourth-order valence-electron chi connectivity index (χ4n) is 2.36. The van der Waals surface area contributed by atoms with Gasteiger partial charge in [-0.3, -0.25) is 4.79 Å². The molecule has 0 saturated carbocycles. The van der Waals surface area contributed by atoms with E-state index in [1.54, 1.807) is 31.3 Å². The van der Waals surface area contributed by atoms with Crippen LogP contribution in [0.2, 0.25) is 0 Å². The Hall–Kier alpha value is -1.59. The Kier molecular flexibility index (Phi) is 4.07. The number of rotatable bonds is 3. The van der Waals surface area contributed by atoms with Crippen LogP contribution in [0.25, 0.3) is 0 Å². The lowest BCUT2D eigenvalue weighted by atomic mass is 10.1. The number of aromatic hydroxyl groups is 1. The van der Waals surface area contributed by atoms with Gasteiger partial charge in [-0.25, -0.2) is 0 Å². The number of hydrogen-bond donors (Lipinski definition) is 1. The van der Waals surface area contributed by atoms with Crippen LogP contribution in [0.1, 0.15) is 15.9 Å². The predicted molar refractivity (Wildman–Crippen MR) is 70.3 cm³/mol. The Labute approximate surface area is 112 Å². The second-order valence-corrected chi connectivity index (χ2v) is 4.78. The van der Waals surface area contributed by atoms with Crippen LogP contribution in [0.4, 0.5) is 0 Å². The summed E-state index contributed by atoms with van der Waals surface area (Å²) in [5.74, 6) is -0.182. The van der Waals surface area contributed by atoms with Gasteiger partial charge in [0.25, 0.3) is 5.91 Å². The third kappa shape index (κ3) is 2.72. The molecule has 2 unspecified atom stereocenters. The van der Waals surface area contributed by atoms with Crippen LogP contribution >= 0.6 is 0 Å². The van der Waals surface area contributed by atoms with Crippen molar-refractivity contribution in [2.45, 2.75) is 19.1 Å². The van der Waals surface area contributed by atoms with Crippen LogP contribution in [0.5, 0.6) is 5.75 Å². The quantitative estimate of drug-likeness (QED) is 0.891. The highest BCUT2D eigenvalue weighted by molar-refractivity contribution is 5.97. The summed E-state index contributed by atoms with van der Waals surface area (Å²) in [7, 11) is 3.21. The second-order valence-electron chi connectivity index (χ2n) is 4.78. The lowest BCUT2D eigenvalue weighted by Crippen LogP contribution is -2.30. The smallest absolute Gasteiger partial charge is 0.257 e. The van der Waals surface area contributed by atoms with Gasteiger partial charge in [0.2, 0.25) is 0 Å². The third-order valence-corrected chi connectivity index (χ3v) is 3.49. The van der Waals surface area contributed by atoms with Crippen molar-refractivity contribution in [2.24, 2.45) is 0 Å². The summed E-state index contributed by atoms with van der Waals surface area (Å²) >= 11 is 0. The second kappa shape index (κ2) is 5.59. The van der Waals surface area contributed by atoms with E-state index >= 15 is 0 Å². The zero-order valence-electron chi connectivity index (χ0n) is 11.4. The molecule has 5 heteroatoms. The van der Waals surface area contributed by atoms with Gasteiger partial charge in [0.15, 0.2) is 0 Å². The first-order valence-corrected chi connectivity index (χ1v) is 6.21. The molecule has 1 aromatic rings. The van der Waals surface area contributed by atoms with E-state index in [4.69, 9.17) is 9.47 Å². The Bertz CT molecular complexity index is 463. The number of hydrogen-bond acceptors (Lipinski definition) is 4. The molecule has 1 N–H and O–H groups in total. The molecule has 0 aromatic heterocycles. The molecule has 0 spiro atoms. The number of phenols is 1. The largest absolute Gasteiger partial charge is 0.507 e. The zero-order chi connectivity index (χ0) is 14.0. The molecule has 1 amide bonds. The molecule has 1 aromatic carbocycles. The summed E-state index contributed by atoms with van der Waals surface area (Å²) in [6, 6.07) is 5.05. The molecule has 5 nitrogen and oxygen atoms in total. The fourth-order valence-corrected chi connectivity index (χ4v) is 2.36. The molecule has 1 fully saturated rings. The van der Waals surface area contributed by atoms with E-state index in [2.05, 4.69) is 0 Å². The van der Waals surface area contributed by atoms with Gasteiger partial charge >= 0.3 is 0 Å². The summed E-state index contributed by atoms with van der Waals surface area (Å²) in [5.41, 5.74) is 1.23. The van der Waals surface area contributed by atoms with Crippen molar-refractivity contribution in [3.8, 4) is 5.75 Å². The maximum Gasteiger partial charge on any atom is 0.257 e. The van der Waals surface area contributed by atoms with Crippen molar-refractivity contribution in [3.05, 3.63) is 29.3 Å². The lowest BCUT2D eigenvalue weighted by Gasteiger charge is -2.16. The molecule has 2 rings (SSSR count). The van der Waals surface area contributed by atoms with Crippen LogP contribution in [0.15, 0.2) is 18.2 Å². The van der Waals surface area contributed by atoms with Crippen molar-refractivity contribution < 1.29 is 19.4 Å². The first-order chi connectivity index (χ1) is 9.06. The number of nitrogens with zero attached hydrogens (tertiary/aromatic N) is 1. The van der Waals surface area contributed by atoms with Crippen LogP contribution in [0.3, 0.4) is 0 Å². The van der Waals surface area contributed by atoms with E-state index in [1.807, 2.05) is 13.0 Å². The van der Waals surface area contributed by atoms with Crippen molar-refractivity contribution in [2.75, 3.05) is 27.3 Å². The Morgan fingerprint density at radius 1 is 1.26 bits per heavy atom. The van der Waals surface area contributed by atoms with Gasteiger partial charge in [0, 0.05) is 27.3 Å². The van der Waals surface area contributed by atoms with Gasteiger partial charge in [-0.15, -0.1) is 0 Å². The lowest BCUT2D eigenvalue weighted by molar-refractivity contribution is -0.00461. The van der Waals surface area contributed by atoms with Crippen molar-refractivity contribution in [3.63, 3.8) is 0 Å². The zero-order valence-corrected chi connectivity index (χ0v) is 11.4. The van der Waals surface area contributed by atoms with E-state index in [1.165, 1.54) is 0 Å². The minimum Gasteiger partial charge on any atom is -0.507 e. The minimum absolute atomic E-state index is 0.0137. The number of aryl methyl sites for hydroxylation is 1. The number of likely N-dealkylation sites (tertiary alicyclic amines) is 1. The molecule has 0 aliphatic carbocycles. The van der Waals surface area contributed by atoms with E-state index in [9.17, 15) is 9.90 Å². The molecule has 0 bridgehead atoms. The highest BCUT2D eigenvalue weighted by Gasteiger charge is 2.36. The number of amides is 1. The number of carbonyl (C=O) groups excluding carboxylic acids is 1. The summed E-state index contributed by atoms with van der Waals surface area (Å²) in [6.07, 6.45) is -0.247. The average molecular weight is 265 g/mol. The fraction of sp³-hybridized carbons (Fsp3) is 0.500. The first kappa shape index (κ1) is 13.8. The molecule has 2 atom stereocenters. The summed E-state index contributed by atoms with van der Waals surface area (Å²) < 4.78 is 10.6. The van der Waals surface area contributed by atoms with Crippen molar-refractivity contribution in [1.29, 1.82) is 0 Å². The van der Waals surface area contributed by atoms with Gasteiger partial charge in [-0.2, -0.15) is 0 Å². The van der Waals surface area contributed by atoms with Crippen LogP contribution in [-0.4, -0.2) is 55.4 Å². The highest BCUT2D eigenvalue weighted by Crippen LogP contribution is 2.24. The van der Waals surface area contributed by atoms with Gasteiger partial charge in [0.05, 0.1) is 5.56 Å². The maximum atomic E-state index is 12.4. The molecular weight excluding hydrogens is 246 g/mol. The topological polar surface area (TPSA) is 59.0 Å². The molecule has 1 aliphatic heterocycles. The first-order valence-electron chi connectivity index (χ1n) is 6.21. The minimum atomic E-state index is -0.195. The maximum absolute atomic E-state index is 12.4. The third-order valence-electron chi connectivity index (χ3n) is 3.49. The molecule has 1 heterocycles. The summed E-state index contributed by atoms with van der Waals surface area (Å²) in [6.45, 7) is 2.81. The van der Waals surface area contributed by atoms with Crippen LogP contribution in [0, 0.1) is 6.92 Å². The highest BCUT2D eigenvalue weighted by atomic mass is 16.5. The molecule has 0 radical (unpaired) electrons. The Morgan fingerprint density at radius 2 is 1.84 bits per heavy atom. The normalized spacial score (nSPS) is 22.8. The number of carbonyl (C=O) groups is 1.